The first kappa shape index (κ1) is 13.1. The highest BCUT2D eigenvalue weighted by atomic mass is 16.5. The van der Waals surface area contributed by atoms with E-state index in [1.807, 2.05) is 18.2 Å². The molecule has 2 N–H and O–H groups in total. The fourth-order valence-electron chi connectivity index (χ4n) is 2.77. The van der Waals surface area contributed by atoms with Crippen molar-refractivity contribution in [3.63, 3.8) is 0 Å². The number of benzene rings is 1. The summed E-state index contributed by atoms with van der Waals surface area (Å²) in [6.07, 6.45) is 3.86. The van der Waals surface area contributed by atoms with Crippen LogP contribution in [0.3, 0.4) is 0 Å². The van der Waals surface area contributed by atoms with Crippen LogP contribution in [0.4, 0.5) is 11.5 Å². The second-order valence-electron chi connectivity index (χ2n) is 5.41. The first-order valence-electron chi connectivity index (χ1n) is 7.03. The van der Waals surface area contributed by atoms with E-state index in [1.165, 1.54) is 0 Å². The van der Waals surface area contributed by atoms with E-state index >= 15 is 0 Å². The van der Waals surface area contributed by atoms with Crippen LogP contribution in [-0.4, -0.2) is 36.8 Å². The Morgan fingerprint density at radius 2 is 2.10 bits per heavy atom. The largest absolute Gasteiger partial charge is 0.399 e. The van der Waals surface area contributed by atoms with E-state index < -0.39 is 0 Å². The maximum absolute atomic E-state index is 5.81. The third-order valence-corrected chi connectivity index (χ3v) is 3.87. The molecule has 106 valence electrons. The average Bonchev–Trinajstić information content (AvgIpc) is 2.47. The number of ether oxygens (including phenoxy) is 1. The van der Waals surface area contributed by atoms with E-state index in [-0.39, 0.29) is 0 Å². The molecule has 5 heteroatoms. The summed E-state index contributed by atoms with van der Waals surface area (Å²) >= 11 is 0. The molecule has 2 heterocycles. The van der Waals surface area contributed by atoms with Crippen molar-refractivity contribution >= 4 is 22.4 Å². The zero-order valence-corrected chi connectivity index (χ0v) is 11.7. The van der Waals surface area contributed by atoms with Gasteiger partial charge in [0.1, 0.15) is 12.1 Å². The van der Waals surface area contributed by atoms with Gasteiger partial charge in [0.05, 0.1) is 5.52 Å². The van der Waals surface area contributed by atoms with Crippen molar-refractivity contribution in [3.8, 4) is 0 Å². The summed E-state index contributed by atoms with van der Waals surface area (Å²) in [5, 5.41) is 1.05. The van der Waals surface area contributed by atoms with Crippen molar-refractivity contribution < 1.29 is 4.74 Å². The van der Waals surface area contributed by atoms with Crippen LogP contribution in [0, 0.1) is 5.92 Å². The predicted octanol–water partition coefficient (Wildman–Crippen LogP) is 2.07. The van der Waals surface area contributed by atoms with Gasteiger partial charge in [-0.15, -0.1) is 0 Å². The Labute approximate surface area is 118 Å². The molecule has 0 unspecified atom stereocenters. The van der Waals surface area contributed by atoms with Crippen LogP contribution in [-0.2, 0) is 4.74 Å². The number of hydrogen-bond donors (Lipinski definition) is 1. The standard InChI is InChI=1S/C15H20N4O/c1-19(9-11-4-6-20-7-5-11)15-13-3-2-12(16)8-14(13)17-10-18-15/h2-3,8,10-11H,4-7,9,16H2,1H3. The van der Waals surface area contributed by atoms with Crippen molar-refractivity contribution in [2.24, 2.45) is 5.92 Å². The number of nitrogens with zero attached hydrogens (tertiary/aromatic N) is 3. The topological polar surface area (TPSA) is 64.3 Å². The van der Waals surface area contributed by atoms with Gasteiger partial charge in [0.15, 0.2) is 0 Å². The van der Waals surface area contributed by atoms with Gasteiger partial charge in [0, 0.05) is 37.9 Å². The minimum atomic E-state index is 0.674. The molecule has 20 heavy (non-hydrogen) atoms. The summed E-state index contributed by atoms with van der Waals surface area (Å²) < 4.78 is 5.41. The Hall–Kier alpha value is -1.88. The highest BCUT2D eigenvalue weighted by Crippen LogP contribution is 2.25. The fourth-order valence-corrected chi connectivity index (χ4v) is 2.77. The maximum atomic E-state index is 5.81. The summed E-state index contributed by atoms with van der Waals surface area (Å²) in [6, 6.07) is 5.79. The highest BCUT2D eigenvalue weighted by Gasteiger charge is 2.17. The number of fused-ring (bicyclic) bond motifs is 1. The molecule has 1 fully saturated rings. The van der Waals surface area contributed by atoms with Crippen LogP contribution in [0.1, 0.15) is 12.8 Å². The SMILES string of the molecule is CN(CC1CCOCC1)c1ncnc2cc(N)ccc12. The molecule has 1 aromatic carbocycles. The van der Waals surface area contributed by atoms with Gasteiger partial charge in [-0.1, -0.05) is 0 Å². The maximum Gasteiger partial charge on any atom is 0.139 e. The van der Waals surface area contributed by atoms with Gasteiger partial charge in [-0.2, -0.15) is 0 Å². The third-order valence-electron chi connectivity index (χ3n) is 3.87. The lowest BCUT2D eigenvalue weighted by Gasteiger charge is -2.28. The summed E-state index contributed by atoms with van der Waals surface area (Å²) in [4.78, 5) is 11.0. The van der Waals surface area contributed by atoms with Gasteiger partial charge in [-0.3, -0.25) is 0 Å². The Morgan fingerprint density at radius 3 is 2.90 bits per heavy atom. The summed E-state index contributed by atoms with van der Waals surface area (Å²) in [5.74, 6) is 1.65. The normalized spacial score (nSPS) is 16.4. The Balaban J connectivity index is 1.85. The van der Waals surface area contributed by atoms with E-state index in [9.17, 15) is 0 Å². The Kier molecular flexibility index (Phi) is 3.69. The molecule has 0 spiro atoms. The van der Waals surface area contributed by atoms with Crippen LogP contribution >= 0.6 is 0 Å². The van der Waals surface area contributed by atoms with Gasteiger partial charge >= 0.3 is 0 Å². The lowest BCUT2D eigenvalue weighted by molar-refractivity contribution is 0.0685. The monoisotopic (exact) mass is 272 g/mol. The number of aromatic nitrogens is 2. The zero-order valence-electron chi connectivity index (χ0n) is 11.7. The van der Waals surface area contributed by atoms with E-state index in [4.69, 9.17) is 10.5 Å². The van der Waals surface area contributed by atoms with Crippen molar-refractivity contribution in [3.05, 3.63) is 24.5 Å². The molecule has 0 bridgehead atoms. The lowest BCUT2D eigenvalue weighted by Crippen LogP contribution is -2.30. The molecule has 3 rings (SSSR count). The number of hydrogen-bond acceptors (Lipinski definition) is 5. The number of anilines is 2. The molecule has 0 radical (unpaired) electrons. The van der Waals surface area contributed by atoms with Crippen LogP contribution in [0.15, 0.2) is 24.5 Å². The van der Waals surface area contributed by atoms with E-state index in [0.29, 0.717) is 5.92 Å². The Bertz CT molecular complexity index is 595. The van der Waals surface area contributed by atoms with Crippen molar-refractivity contribution in [2.75, 3.05) is 37.4 Å². The molecular weight excluding hydrogens is 252 g/mol. The quantitative estimate of drug-likeness (QED) is 0.867. The van der Waals surface area contributed by atoms with Crippen LogP contribution in [0.25, 0.3) is 10.9 Å². The molecule has 2 aromatic rings. The smallest absolute Gasteiger partial charge is 0.139 e. The summed E-state index contributed by atoms with van der Waals surface area (Å²) in [7, 11) is 2.09. The molecule has 1 aromatic heterocycles. The number of rotatable bonds is 3. The van der Waals surface area contributed by atoms with Gasteiger partial charge in [-0.05, 0) is 37.0 Å². The first-order valence-corrected chi connectivity index (χ1v) is 7.03. The first-order chi connectivity index (χ1) is 9.74. The van der Waals surface area contributed by atoms with Gasteiger partial charge < -0.3 is 15.4 Å². The highest BCUT2D eigenvalue weighted by molar-refractivity contribution is 5.91. The predicted molar refractivity (Wildman–Crippen MR) is 80.8 cm³/mol. The third kappa shape index (κ3) is 2.67. The van der Waals surface area contributed by atoms with Crippen LogP contribution in [0.2, 0.25) is 0 Å². The average molecular weight is 272 g/mol. The summed E-state index contributed by atoms with van der Waals surface area (Å²) in [5.41, 5.74) is 7.44. The molecular formula is C15H20N4O. The lowest BCUT2D eigenvalue weighted by atomic mass is 10.00. The van der Waals surface area contributed by atoms with E-state index in [0.717, 1.165) is 55.0 Å². The molecule has 0 amide bonds. The molecule has 0 aliphatic carbocycles. The number of nitrogens with two attached hydrogens (primary N) is 1. The van der Waals surface area contributed by atoms with Crippen molar-refractivity contribution in [1.29, 1.82) is 0 Å². The fraction of sp³-hybridized carbons (Fsp3) is 0.467. The summed E-state index contributed by atoms with van der Waals surface area (Å²) in [6.45, 7) is 2.75. The molecule has 5 nitrogen and oxygen atoms in total. The molecule has 0 atom stereocenters. The van der Waals surface area contributed by atoms with Gasteiger partial charge in [-0.25, -0.2) is 9.97 Å². The second-order valence-corrected chi connectivity index (χ2v) is 5.41. The van der Waals surface area contributed by atoms with Crippen LogP contribution in [0.5, 0.6) is 0 Å². The minimum absolute atomic E-state index is 0.674. The molecule has 1 aliphatic rings. The molecule has 1 saturated heterocycles. The molecule has 0 saturated carbocycles. The zero-order chi connectivity index (χ0) is 13.9. The molecule has 1 aliphatic heterocycles. The van der Waals surface area contributed by atoms with Crippen LogP contribution < -0.4 is 10.6 Å². The van der Waals surface area contributed by atoms with Gasteiger partial charge in [0.2, 0.25) is 0 Å². The van der Waals surface area contributed by atoms with Crippen molar-refractivity contribution in [2.45, 2.75) is 12.8 Å². The Morgan fingerprint density at radius 1 is 1.30 bits per heavy atom. The van der Waals surface area contributed by atoms with E-state index in [2.05, 4.69) is 21.9 Å². The van der Waals surface area contributed by atoms with Crippen molar-refractivity contribution in [1.82, 2.24) is 9.97 Å². The number of nitrogen functional groups attached to an aromatic ring is 1. The van der Waals surface area contributed by atoms with E-state index in [1.54, 1.807) is 6.33 Å². The minimum Gasteiger partial charge on any atom is -0.399 e. The second kappa shape index (κ2) is 5.63. The van der Waals surface area contributed by atoms with Gasteiger partial charge in [0.25, 0.3) is 0 Å².